The van der Waals surface area contributed by atoms with Crippen LogP contribution in [0, 0.1) is 5.41 Å². The predicted octanol–water partition coefficient (Wildman–Crippen LogP) is 2.49. The summed E-state index contributed by atoms with van der Waals surface area (Å²) in [4.78, 5) is 37.6. The summed E-state index contributed by atoms with van der Waals surface area (Å²) in [7, 11) is 0. The Hall–Kier alpha value is -2.06. The van der Waals surface area contributed by atoms with Crippen molar-refractivity contribution >= 4 is 30.4 Å². The van der Waals surface area contributed by atoms with Gasteiger partial charge in [-0.3, -0.25) is 9.59 Å². The second-order valence-corrected chi connectivity index (χ2v) is 9.18. The zero-order valence-electron chi connectivity index (χ0n) is 18.7. The molecule has 7 nitrogen and oxygen atoms in total. The fourth-order valence-corrected chi connectivity index (χ4v) is 2.51. The Kier molecular flexibility index (Phi) is 9.84. The number of carbonyl (C=O) groups excluding carboxylic acids is 3. The van der Waals surface area contributed by atoms with E-state index in [1.54, 1.807) is 20.8 Å². The largest absolute Gasteiger partial charge is 0.464 e. The second kappa shape index (κ2) is 11.4. The van der Waals surface area contributed by atoms with Crippen molar-refractivity contribution in [3.05, 3.63) is 35.9 Å². The predicted molar refractivity (Wildman–Crippen MR) is 119 cm³/mol. The maximum atomic E-state index is 12.8. The van der Waals surface area contributed by atoms with Gasteiger partial charge in [0.15, 0.2) is 6.04 Å². The molecule has 30 heavy (non-hydrogen) atoms. The average Bonchev–Trinajstić information content (AvgIpc) is 2.66. The van der Waals surface area contributed by atoms with E-state index in [0.717, 1.165) is 5.56 Å². The van der Waals surface area contributed by atoms with Gasteiger partial charge in [0, 0.05) is 0 Å². The molecule has 0 unspecified atom stereocenters. The molecule has 1 rings (SSSR count). The molecule has 0 spiro atoms. The van der Waals surface area contributed by atoms with Crippen molar-refractivity contribution < 1.29 is 23.9 Å². The number of thiol groups is 1. The van der Waals surface area contributed by atoms with E-state index in [-0.39, 0.29) is 24.5 Å². The van der Waals surface area contributed by atoms with Gasteiger partial charge in [0.05, 0.1) is 25.1 Å². The molecule has 0 fully saturated rings. The lowest BCUT2D eigenvalue weighted by Crippen LogP contribution is -2.60. The van der Waals surface area contributed by atoms with Gasteiger partial charge in [-0.2, -0.15) is 12.6 Å². The van der Waals surface area contributed by atoms with Crippen LogP contribution in [0.2, 0.25) is 0 Å². The molecule has 2 N–H and O–H groups in total. The molecular formula is C22H34N2O5S. The van der Waals surface area contributed by atoms with Crippen LogP contribution in [0.5, 0.6) is 0 Å². The van der Waals surface area contributed by atoms with Crippen molar-refractivity contribution in [1.82, 2.24) is 10.6 Å². The summed E-state index contributed by atoms with van der Waals surface area (Å²) in [5, 5.41) is 4.74. The lowest BCUT2D eigenvalue weighted by atomic mass is 9.90. The summed E-state index contributed by atoms with van der Waals surface area (Å²) in [5.41, 5.74) is -0.688. The van der Waals surface area contributed by atoms with Crippen LogP contribution in [0.1, 0.15) is 47.1 Å². The minimum Gasteiger partial charge on any atom is -0.464 e. The SMILES string of the molecule is CCOC(=O)[C@H](COCc1ccccc1)NC(=O)C(C)(C)NC(=O)[C@H](S)C(C)(C)C. The zero-order chi connectivity index (χ0) is 22.9. The second-order valence-electron chi connectivity index (χ2n) is 8.66. The molecule has 0 aliphatic carbocycles. The quantitative estimate of drug-likeness (QED) is 0.385. The number of nitrogens with one attached hydrogen (secondary N) is 2. The smallest absolute Gasteiger partial charge is 0.331 e. The maximum absolute atomic E-state index is 12.8. The maximum Gasteiger partial charge on any atom is 0.331 e. The highest BCUT2D eigenvalue weighted by Gasteiger charge is 2.37. The number of amides is 2. The van der Waals surface area contributed by atoms with Gasteiger partial charge in [0.25, 0.3) is 0 Å². The highest BCUT2D eigenvalue weighted by atomic mass is 32.1. The van der Waals surface area contributed by atoms with Gasteiger partial charge >= 0.3 is 5.97 Å². The fourth-order valence-electron chi connectivity index (χ4n) is 2.45. The molecular weight excluding hydrogens is 404 g/mol. The first-order chi connectivity index (χ1) is 13.9. The molecule has 0 aromatic heterocycles. The van der Waals surface area contributed by atoms with Crippen molar-refractivity contribution in [1.29, 1.82) is 0 Å². The Morgan fingerprint density at radius 2 is 1.67 bits per heavy atom. The molecule has 0 aliphatic rings. The van der Waals surface area contributed by atoms with Gasteiger partial charge in [-0.1, -0.05) is 51.1 Å². The molecule has 2 amide bonds. The van der Waals surface area contributed by atoms with E-state index >= 15 is 0 Å². The van der Waals surface area contributed by atoms with Crippen LogP contribution in [0.25, 0.3) is 0 Å². The normalized spacial score (nSPS) is 13.8. The Morgan fingerprint density at radius 1 is 1.07 bits per heavy atom. The highest BCUT2D eigenvalue weighted by molar-refractivity contribution is 7.81. The third-order valence-corrected chi connectivity index (χ3v) is 5.35. The van der Waals surface area contributed by atoms with E-state index in [4.69, 9.17) is 9.47 Å². The Balaban J connectivity index is 2.76. The van der Waals surface area contributed by atoms with E-state index in [2.05, 4.69) is 23.3 Å². The van der Waals surface area contributed by atoms with Crippen LogP contribution in [0.3, 0.4) is 0 Å². The van der Waals surface area contributed by atoms with E-state index < -0.39 is 28.7 Å². The Morgan fingerprint density at radius 3 is 2.20 bits per heavy atom. The number of ether oxygens (including phenoxy) is 2. The van der Waals surface area contributed by atoms with Crippen molar-refractivity contribution in [3.63, 3.8) is 0 Å². The molecule has 0 bridgehead atoms. The number of esters is 1. The molecule has 1 aromatic rings. The fraction of sp³-hybridized carbons (Fsp3) is 0.591. The third kappa shape index (κ3) is 8.36. The minimum absolute atomic E-state index is 0.0549. The summed E-state index contributed by atoms with van der Waals surface area (Å²) in [6.45, 7) is 10.9. The van der Waals surface area contributed by atoms with Crippen molar-refractivity contribution in [3.8, 4) is 0 Å². The molecule has 0 saturated carbocycles. The highest BCUT2D eigenvalue weighted by Crippen LogP contribution is 2.24. The summed E-state index contributed by atoms with van der Waals surface area (Å²) < 4.78 is 10.7. The topological polar surface area (TPSA) is 93.7 Å². The van der Waals surface area contributed by atoms with E-state index in [1.165, 1.54) is 0 Å². The third-order valence-electron chi connectivity index (χ3n) is 4.34. The van der Waals surface area contributed by atoms with Crippen LogP contribution >= 0.6 is 12.6 Å². The van der Waals surface area contributed by atoms with Gasteiger partial charge in [0.1, 0.15) is 5.54 Å². The van der Waals surface area contributed by atoms with Crippen molar-refractivity contribution in [2.45, 2.75) is 65.0 Å². The van der Waals surface area contributed by atoms with Crippen LogP contribution in [-0.4, -0.2) is 47.8 Å². The van der Waals surface area contributed by atoms with Crippen molar-refractivity contribution in [2.24, 2.45) is 5.41 Å². The summed E-state index contributed by atoms with van der Waals surface area (Å²) >= 11 is 4.36. The molecule has 0 radical (unpaired) electrons. The molecule has 0 saturated heterocycles. The lowest BCUT2D eigenvalue weighted by molar-refractivity contribution is -0.150. The van der Waals surface area contributed by atoms with Crippen LogP contribution in [0.15, 0.2) is 30.3 Å². The van der Waals surface area contributed by atoms with Gasteiger partial charge in [-0.05, 0) is 31.7 Å². The van der Waals surface area contributed by atoms with E-state index in [1.807, 2.05) is 51.1 Å². The molecule has 1 aromatic carbocycles. The summed E-state index contributed by atoms with van der Waals surface area (Å²) in [6, 6.07) is 8.49. The molecule has 0 aliphatic heterocycles. The number of rotatable bonds is 10. The van der Waals surface area contributed by atoms with Crippen LogP contribution in [0.4, 0.5) is 0 Å². The van der Waals surface area contributed by atoms with Gasteiger partial charge in [-0.15, -0.1) is 0 Å². The standard InChI is InChI=1S/C22H34N2O5S/c1-7-29-19(26)16(14-28-13-15-11-9-8-10-12-15)23-20(27)22(5,6)24-18(25)17(30)21(2,3)4/h8-12,16-17,30H,7,13-14H2,1-6H3,(H,23,27)(H,24,25)/t16-,17-/m0/s1. The summed E-state index contributed by atoms with van der Waals surface area (Å²) in [6.07, 6.45) is 0. The van der Waals surface area contributed by atoms with E-state index in [0.29, 0.717) is 6.61 Å². The number of hydrogen-bond donors (Lipinski definition) is 3. The lowest BCUT2D eigenvalue weighted by Gasteiger charge is -2.31. The Labute approximate surface area is 184 Å². The molecule has 8 heteroatoms. The van der Waals surface area contributed by atoms with Gasteiger partial charge in [-0.25, -0.2) is 4.79 Å². The average molecular weight is 439 g/mol. The zero-order valence-corrected chi connectivity index (χ0v) is 19.5. The minimum atomic E-state index is -1.26. The molecule has 0 heterocycles. The Bertz CT molecular complexity index is 716. The first-order valence-electron chi connectivity index (χ1n) is 9.98. The molecule has 168 valence electrons. The first-order valence-corrected chi connectivity index (χ1v) is 10.5. The number of carbonyl (C=O) groups is 3. The van der Waals surface area contributed by atoms with E-state index in [9.17, 15) is 14.4 Å². The van der Waals surface area contributed by atoms with Gasteiger partial charge in [0.2, 0.25) is 11.8 Å². The van der Waals surface area contributed by atoms with Crippen LogP contribution < -0.4 is 10.6 Å². The number of benzene rings is 1. The number of hydrogen-bond acceptors (Lipinski definition) is 6. The monoisotopic (exact) mass is 438 g/mol. The van der Waals surface area contributed by atoms with Crippen molar-refractivity contribution in [2.75, 3.05) is 13.2 Å². The molecule has 2 atom stereocenters. The summed E-state index contributed by atoms with van der Waals surface area (Å²) in [5.74, 6) is -1.48. The van der Waals surface area contributed by atoms with Crippen LogP contribution in [-0.2, 0) is 30.5 Å². The van der Waals surface area contributed by atoms with Gasteiger partial charge < -0.3 is 20.1 Å². The first kappa shape index (κ1) is 26.0.